The van der Waals surface area contributed by atoms with Gasteiger partial charge in [0.2, 0.25) is 0 Å². The fourth-order valence-electron chi connectivity index (χ4n) is 4.05. The van der Waals surface area contributed by atoms with Crippen LogP contribution in [0.2, 0.25) is 0 Å². The van der Waals surface area contributed by atoms with Gasteiger partial charge < -0.3 is 9.84 Å². The zero-order chi connectivity index (χ0) is 23.9. The zero-order valence-electron chi connectivity index (χ0n) is 18.8. The van der Waals surface area contributed by atoms with Crippen LogP contribution in [0.25, 0.3) is 5.76 Å². The molecule has 0 saturated carbocycles. The molecule has 0 aliphatic carbocycles. The van der Waals surface area contributed by atoms with Crippen LogP contribution in [-0.2, 0) is 9.59 Å². The molecule has 1 fully saturated rings. The summed E-state index contributed by atoms with van der Waals surface area (Å²) in [6.45, 7) is 5.84. The Balaban J connectivity index is 1.97. The van der Waals surface area contributed by atoms with Crippen molar-refractivity contribution in [1.29, 1.82) is 0 Å². The number of aryl methyl sites for hydroxylation is 3. The summed E-state index contributed by atoms with van der Waals surface area (Å²) in [5, 5.41) is 11.3. The number of ether oxygens (including phenoxy) is 1. The highest BCUT2D eigenvalue weighted by atomic mass is 79.9. The number of Topliss-reactive ketones (excluding diaryl/α,β-unsaturated/α-hetero) is 1. The molecule has 0 aromatic heterocycles. The van der Waals surface area contributed by atoms with E-state index in [0.29, 0.717) is 22.6 Å². The second-order valence-corrected chi connectivity index (χ2v) is 9.03. The average molecular weight is 506 g/mol. The third-order valence-corrected chi connectivity index (χ3v) is 6.94. The van der Waals surface area contributed by atoms with Crippen LogP contribution in [0, 0.1) is 20.8 Å². The fourth-order valence-corrected chi connectivity index (χ4v) is 4.30. The first-order chi connectivity index (χ1) is 15.7. The van der Waals surface area contributed by atoms with E-state index in [1.807, 2.05) is 51.1 Å². The number of aliphatic hydroxyl groups is 1. The van der Waals surface area contributed by atoms with Crippen LogP contribution in [0.15, 0.2) is 70.7 Å². The number of rotatable bonds is 4. The smallest absolute Gasteiger partial charge is 0.300 e. The van der Waals surface area contributed by atoms with E-state index in [4.69, 9.17) is 4.74 Å². The van der Waals surface area contributed by atoms with Crippen molar-refractivity contribution >= 4 is 39.1 Å². The Kier molecular flexibility index (Phi) is 6.13. The summed E-state index contributed by atoms with van der Waals surface area (Å²) in [5.41, 5.74) is 4.78. The average Bonchev–Trinajstić information content (AvgIpc) is 3.07. The summed E-state index contributed by atoms with van der Waals surface area (Å²) < 4.78 is 6.27. The number of benzene rings is 3. The minimum Gasteiger partial charge on any atom is -0.507 e. The lowest BCUT2D eigenvalue weighted by Crippen LogP contribution is -2.29. The molecule has 1 aliphatic rings. The van der Waals surface area contributed by atoms with Gasteiger partial charge >= 0.3 is 0 Å². The summed E-state index contributed by atoms with van der Waals surface area (Å²) in [7, 11) is 1.56. The molecule has 4 rings (SSSR count). The molecular weight excluding hydrogens is 482 g/mol. The van der Waals surface area contributed by atoms with Crippen molar-refractivity contribution in [2.24, 2.45) is 0 Å². The van der Waals surface area contributed by atoms with Gasteiger partial charge in [-0.1, -0.05) is 40.2 Å². The maximum atomic E-state index is 13.3. The van der Waals surface area contributed by atoms with E-state index in [0.717, 1.165) is 21.2 Å². The number of methoxy groups -OCH3 is 1. The monoisotopic (exact) mass is 505 g/mol. The molecule has 1 atom stereocenters. The van der Waals surface area contributed by atoms with E-state index in [9.17, 15) is 14.7 Å². The maximum Gasteiger partial charge on any atom is 0.300 e. The van der Waals surface area contributed by atoms with Crippen LogP contribution in [0.3, 0.4) is 0 Å². The molecule has 1 unspecified atom stereocenters. The number of aliphatic hydroxyl groups excluding tert-OH is 1. The lowest BCUT2D eigenvalue weighted by Gasteiger charge is -2.26. The molecule has 0 spiro atoms. The van der Waals surface area contributed by atoms with Crippen molar-refractivity contribution in [3.8, 4) is 5.75 Å². The van der Waals surface area contributed by atoms with Crippen molar-refractivity contribution in [1.82, 2.24) is 0 Å². The third kappa shape index (κ3) is 4.07. The van der Waals surface area contributed by atoms with Gasteiger partial charge in [0.25, 0.3) is 11.7 Å². The number of carbonyl (C=O) groups excluding carboxylic acids is 2. The Hall–Kier alpha value is -3.38. The number of halogens is 1. The van der Waals surface area contributed by atoms with Gasteiger partial charge in [-0.25, -0.2) is 0 Å². The molecule has 1 amide bonds. The molecule has 0 radical (unpaired) electrons. The van der Waals surface area contributed by atoms with Crippen molar-refractivity contribution in [2.75, 3.05) is 12.0 Å². The van der Waals surface area contributed by atoms with Gasteiger partial charge in [0.15, 0.2) is 0 Å². The van der Waals surface area contributed by atoms with Crippen LogP contribution in [0.4, 0.5) is 5.69 Å². The van der Waals surface area contributed by atoms with Crippen LogP contribution >= 0.6 is 15.9 Å². The van der Waals surface area contributed by atoms with E-state index in [-0.39, 0.29) is 11.3 Å². The SMILES string of the molecule is COc1cccc(C2/C(=C(\O)c3ccc(Br)c(C)c3)C(=O)C(=O)N2c2ccc(C)c(C)c2)c1. The van der Waals surface area contributed by atoms with Crippen LogP contribution in [0.5, 0.6) is 5.75 Å². The Morgan fingerprint density at radius 3 is 2.36 bits per heavy atom. The minimum absolute atomic E-state index is 0.0493. The predicted octanol–water partition coefficient (Wildman–Crippen LogP) is 6.01. The molecule has 0 bridgehead atoms. The van der Waals surface area contributed by atoms with E-state index < -0.39 is 17.7 Å². The van der Waals surface area contributed by atoms with Crippen molar-refractivity contribution in [2.45, 2.75) is 26.8 Å². The van der Waals surface area contributed by atoms with Gasteiger partial charge in [-0.15, -0.1) is 0 Å². The molecular formula is C27H24BrNO4. The van der Waals surface area contributed by atoms with E-state index in [2.05, 4.69) is 15.9 Å². The highest BCUT2D eigenvalue weighted by molar-refractivity contribution is 9.10. The highest BCUT2D eigenvalue weighted by Crippen LogP contribution is 2.43. The Bertz CT molecular complexity index is 1310. The Morgan fingerprint density at radius 1 is 0.939 bits per heavy atom. The van der Waals surface area contributed by atoms with Gasteiger partial charge in [-0.3, -0.25) is 14.5 Å². The lowest BCUT2D eigenvalue weighted by molar-refractivity contribution is -0.132. The lowest BCUT2D eigenvalue weighted by atomic mass is 9.94. The van der Waals surface area contributed by atoms with Gasteiger partial charge in [0.05, 0.1) is 18.7 Å². The molecule has 6 heteroatoms. The first-order valence-corrected chi connectivity index (χ1v) is 11.3. The second-order valence-electron chi connectivity index (χ2n) is 8.18. The fraction of sp³-hybridized carbons (Fsp3) is 0.185. The largest absolute Gasteiger partial charge is 0.507 e. The standard InChI is InChI=1S/C27H24BrNO4/c1-15-8-10-20(13-16(15)2)29-24(18-6-5-7-21(14-18)33-4)23(26(31)27(29)32)25(30)19-9-11-22(28)17(3)12-19/h5-14,24,30H,1-4H3/b25-23+. The van der Waals surface area contributed by atoms with Crippen molar-refractivity contribution in [3.05, 3.63) is 98.5 Å². The Labute approximate surface area is 201 Å². The molecule has 5 nitrogen and oxygen atoms in total. The molecule has 1 N–H and O–H groups in total. The van der Waals surface area contributed by atoms with Gasteiger partial charge in [0.1, 0.15) is 11.5 Å². The highest BCUT2D eigenvalue weighted by Gasteiger charge is 2.47. The quantitative estimate of drug-likeness (QED) is 0.268. The molecule has 168 valence electrons. The molecule has 33 heavy (non-hydrogen) atoms. The van der Waals surface area contributed by atoms with Gasteiger partial charge in [0, 0.05) is 15.7 Å². The van der Waals surface area contributed by atoms with E-state index in [1.165, 1.54) is 4.90 Å². The van der Waals surface area contributed by atoms with Gasteiger partial charge in [-0.05, 0) is 79.4 Å². The predicted molar refractivity (Wildman–Crippen MR) is 133 cm³/mol. The summed E-state index contributed by atoms with van der Waals surface area (Å²) in [6, 6.07) is 17.4. The molecule has 1 heterocycles. The summed E-state index contributed by atoms with van der Waals surface area (Å²) in [5.74, 6) is -1.01. The number of anilines is 1. The third-order valence-electron chi connectivity index (χ3n) is 6.05. The van der Waals surface area contributed by atoms with Crippen LogP contribution in [0.1, 0.15) is 33.9 Å². The molecule has 3 aromatic rings. The zero-order valence-corrected chi connectivity index (χ0v) is 20.4. The first-order valence-electron chi connectivity index (χ1n) is 10.5. The van der Waals surface area contributed by atoms with E-state index in [1.54, 1.807) is 37.4 Å². The maximum absolute atomic E-state index is 13.3. The minimum atomic E-state index is -0.800. The molecule has 1 saturated heterocycles. The van der Waals surface area contributed by atoms with Crippen molar-refractivity contribution in [3.63, 3.8) is 0 Å². The van der Waals surface area contributed by atoms with E-state index >= 15 is 0 Å². The normalized spacial score (nSPS) is 17.5. The first kappa shape index (κ1) is 22.8. The number of ketones is 1. The molecule has 3 aromatic carbocycles. The molecule has 1 aliphatic heterocycles. The van der Waals surface area contributed by atoms with Crippen LogP contribution < -0.4 is 9.64 Å². The number of amides is 1. The number of carbonyl (C=O) groups is 2. The topological polar surface area (TPSA) is 66.8 Å². The van der Waals surface area contributed by atoms with Crippen LogP contribution in [-0.4, -0.2) is 23.9 Å². The Morgan fingerprint density at radius 2 is 1.70 bits per heavy atom. The van der Waals surface area contributed by atoms with Gasteiger partial charge in [-0.2, -0.15) is 0 Å². The number of hydrogen-bond donors (Lipinski definition) is 1. The van der Waals surface area contributed by atoms with Crippen molar-refractivity contribution < 1.29 is 19.4 Å². The summed E-state index contributed by atoms with van der Waals surface area (Å²) in [4.78, 5) is 28.1. The summed E-state index contributed by atoms with van der Waals surface area (Å²) in [6.07, 6.45) is 0. The summed E-state index contributed by atoms with van der Waals surface area (Å²) >= 11 is 3.46. The number of hydrogen-bond acceptors (Lipinski definition) is 4. The second kappa shape index (κ2) is 8.87. The number of nitrogens with zero attached hydrogens (tertiary/aromatic N) is 1.